The van der Waals surface area contributed by atoms with Gasteiger partial charge in [0, 0.05) is 22.7 Å². The molecule has 0 amide bonds. The third-order valence-electron chi connectivity index (χ3n) is 4.86. The standard InChI is InChI=1S/C23H19ClN2O4/c1-28-15-6-4-13(5-7-15)18-10-14(11-21(27)25-18)16-12-17-19(29-2)8-9-20(30-3)22(17)26-23(16)24/h4-12H,1-3H3,(H,25,27). The minimum absolute atomic E-state index is 0.243. The normalized spacial score (nSPS) is 10.8. The maximum absolute atomic E-state index is 12.4. The van der Waals surface area contributed by atoms with Crippen LogP contribution in [0.4, 0.5) is 0 Å². The second-order valence-corrected chi connectivity index (χ2v) is 6.93. The van der Waals surface area contributed by atoms with Crippen molar-refractivity contribution in [1.29, 1.82) is 0 Å². The zero-order valence-corrected chi connectivity index (χ0v) is 17.4. The Morgan fingerprint density at radius 3 is 2.20 bits per heavy atom. The number of halogens is 1. The first-order valence-electron chi connectivity index (χ1n) is 9.14. The van der Waals surface area contributed by atoms with Crippen LogP contribution in [0.1, 0.15) is 0 Å². The van der Waals surface area contributed by atoms with Crippen molar-refractivity contribution in [1.82, 2.24) is 9.97 Å². The highest BCUT2D eigenvalue weighted by atomic mass is 35.5. The molecule has 0 atom stereocenters. The number of aromatic amines is 1. The van der Waals surface area contributed by atoms with Crippen molar-refractivity contribution in [2.45, 2.75) is 0 Å². The Balaban J connectivity index is 1.90. The van der Waals surface area contributed by atoms with Crippen molar-refractivity contribution in [2.75, 3.05) is 21.3 Å². The zero-order chi connectivity index (χ0) is 21.3. The summed E-state index contributed by atoms with van der Waals surface area (Å²) in [6.07, 6.45) is 0. The summed E-state index contributed by atoms with van der Waals surface area (Å²) in [4.78, 5) is 19.8. The molecule has 152 valence electrons. The lowest BCUT2D eigenvalue weighted by Crippen LogP contribution is -2.06. The number of pyridine rings is 2. The fourth-order valence-corrected chi connectivity index (χ4v) is 3.60. The van der Waals surface area contributed by atoms with Gasteiger partial charge in [-0.2, -0.15) is 0 Å². The molecule has 0 fully saturated rings. The molecule has 2 aromatic heterocycles. The van der Waals surface area contributed by atoms with Crippen molar-refractivity contribution in [3.05, 3.63) is 70.1 Å². The quantitative estimate of drug-likeness (QED) is 0.461. The molecule has 7 heteroatoms. The molecule has 0 saturated carbocycles. The number of methoxy groups -OCH3 is 3. The average Bonchev–Trinajstić information content (AvgIpc) is 2.77. The van der Waals surface area contributed by atoms with Crippen LogP contribution in [0.15, 0.2) is 59.4 Å². The molecular weight excluding hydrogens is 404 g/mol. The maximum atomic E-state index is 12.4. The highest BCUT2D eigenvalue weighted by Gasteiger charge is 2.15. The van der Waals surface area contributed by atoms with E-state index in [2.05, 4.69) is 9.97 Å². The van der Waals surface area contributed by atoms with Gasteiger partial charge in [-0.3, -0.25) is 4.79 Å². The van der Waals surface area contributed by atoms with E-state index >= 15 is 0 Å². The number of H-pyrrole nitrogens is 1. The first-order valence-corrected chi connectivity index (χ1v) is 9.52. The number of fused-ring (bicyclic) bond motifs is 1. The number of rotatable bonds is 5. The van der Waals surface area contributed by atoms with Crippen LogP contribution in [-0.2, 0) is 0 Å². The first kappa shape index (κ1) is 19.8. The molecule has 0 radical (unpaired) electrons. The predicted octanol–water partition coefficient (Wildman–Crippen LogP) is 4.94. The van der Waals surface area contributed by atoms with E-state index < -0.39 is 0 Å². The second kappa shape index (κ2) is 8.08. The van der Waals surface area contributed by atoms with Gasteiger partial charge in [-0.15, -0.1) is 0 Å². The molecule has 0 unspecified atom stereocenters. The van der Waals surface area contributed by atoms with E-state index in [0.717, 1.165) is 16.7 Å². The molecule has 0 spiro atoms. The molecular formula is C23H19ClN2O4. The van der Waals surface area contributed by atoms with Gasteiger partial charge < -0.3 is 19.2 Å². The van der Waals surface area contributed by atoms with E-state index in [1.54, 1.807) is 33.5 Å². The number of hydrogen-bond donors (Lipinski definition) is 1. The predicted molar refractivity (Wildman–Crippen MR) is 118 cm³/mol. The third kappa shape index (κ3) is 3.57. The van der Waals surface area contributed by atoms with Crippen LogP contribution in [0.25, 0.3) is 33.3 Å². The molecule has 1 N–H and O–H groups in total. The van der Waals surface area contributed by atoms with Gasteiger partial charge in [0.1, 0.15) is 27.9 Å². The monoisotopic (exact) mass is 422 g/mol. The van der Waals surface area contributed by atoms with Gasteiger partial charge in [-0.1, -0.05) is 11.6 Å². The van der Waals surface area contributed by atoms with Crippen LogP contribution in [0.2, 0.25) is 5.15 Å². The van der Waals surface area contributed by atoms with Crippen molar-refractivity contribution in [2.24, 2.45) is 0 Å². The largest absolute Gasteiger partial charge is 0.497 e. The van der Waals surface area contributed by atoms with Crippen LogP contribution in [0, 0.1) is 0 Å². The van der Waals surface area contributed by atoms with E-state index in [4.69, 9.17) is 25.8 Å². The lowest BCUT2D eigenvalue weighted by Gasteiger charge is -2.13. The average molecular weight is 423 g/mol. The molecule has 4 rings (SSSR count). The topological polar surface area (TPSA) is 73.4 Å². The lowest BCUT2D eigenvalue weighted by atomic mass is 10.0. The second-order valence-electron chi connectivity index (χ2n) is 6.57. The molecule has 0 aliphatic heterocycles. The van der Waals surface area contributed by atoms with E-state index in [1.165, 1.54) is 6.07 Å². The third-order valence-corrected chi connectivity index (χ3v) is 5.15. The van der Waals surface area contributed by atoms with E-state index in [9.17, 15) is 4.79 Å². The molecule has 0 saturated heterocycles. The number of hydrogen-bond acceptors (Lipinski definition) is 5. The molecule has 0 aliphatic carbocycles. The summed E-state index contributed by atoms with van der Waals surface area (Å²) in [5.41, 5.74) is 3.12. The van der Waals surface area contributed by atoms with Crippen LogP contribution < -0.4 is 19.8 Å². The summed E-state index contributed by atoms with van der Waals surface area (Å²) in [7, 11) is 4.77. The van der Waals surface area contributed by atoms with Crippen molar-refractivity contribution < 1.29 is 14.2 Å². The number of ether oxygens (including phenoxy) is 3. The molecule has 6 nitrogen and oxygen atoms in total. The molecule has 2 heterocycles. The molecule has 4 aromatic rings. The van der Waals surface area contributed by atoms with E-state index in [-0.39, 0.29) is 10.7 Å². The summed E-state index contributed by atoms with van der Waals surface area (Å²) in [6, 6.07) is 16.2. The van der Waals surface area contributed by atoms with E-state index in [1.807, 2.05) is 36.4 Å². The lowest BCUT2D eigenvalue weighted by molar-refractivity contribution is 0.410. The fourth-order valence-electron chi connectivity index (χ4n) is 3.36. The van der Waals surface area contributed by atoms with Gasteiger partial charge in [-0.25, -0.2) is 4.98 Å². The summed E-state index contributed by atoms with van der Waals surface area (Å²) >= 11 is 6.52. The maximum Gasteiger partial charge on any atom is 0.249 e. The summed E-state index contributed by atoms with van der Waals surface area (Å²) < 4.78 is 16.1. The van der Waals surface area contributed by atoms with Gasteiger partial charge in [0.05, 0.1) is 21.3 Å². The molecule has 30 heavy (non-hydrogen) atoms. The fraction of sp³-hybridized carbons (Fsp3) is 0.130. The van der Waals surface area contributed by atoms with Gasteiger partial charge in [0.15, 0.2) is 0 Å². The Labute approximate surface area is 178 Å². The number of nitrogens with zero attached hydrogens (tertiary/aromatic N) is 1. The van der Waals surface area contributed by atoms with Crippen LogP contribution in [0.3, 0.4) is 0 Å². The molecule has 2 aromatic carbocycles. The summed E-state index contributed by atoms with van der Waals surface area (Å²) in [5, 5.41) is 1.00. The van der Waals surface area contributed by atoms with Crippen LogP contribution in [-0.4, -0.2) is 31.3 Å². The van der Waals surface area contributed by atoms with Crippen molar-refractivity contribution in [3.8, 4) is 39.6 Å². The van der Waals surface area contributed by atoms with Crippen LogP contribution in [0.5, 0.6) is 17.2 Å². The number of nitrogens with one attached hydrogen (secondary N) is 1. The van der Waals surface area contributed by atoms with Crippen molar-refractivity contribution >= 4 is 22.5 Å². The number of aromatic nitrogens is 2. The van der Waals surface area contributed by atoms with Gasteiger partial charge in [-0.05, 0) is 59.7 Å². The summed E-state index contributed by atoms with van der Waals surface area (Å²) in [5.74, 6) is 1.96. The Kier molecular flexibility index (Phi) is 5.33. The highest BCUT2D eigenvalue weighted by Crippen LogP contribution is 2.38. The minimum Gasteiger partial charge on any atom is -0.497 e. The van der Waals surface area contributed by atoms with Gasteiger partial charge >= 0.3 is 0 Å². The Morgan fingerprint density at radius 1 is 0.833 bits per heavy atom. The minimum atomic E-state index is -0.243. The molecule has 0 aliphatic rings. The van der Waals surface area contributed by atoms with E-state index in [0.29, 0.717) is 33.8 Å². The Morgan fingerprint density at radius 2 is 1.53 bits per heavy atom. The Hall–Kier alpha value is -3.51. The zero-order valence-electron chi connectivity index (χ0n) is 16.7. The first-order chi connectivity index (χ1) is 14.5. The Bertz CT molecular complexity index is 1280. The molecule has 0 bridgehead atoms. The smallest absolute Gasteiger partial charge is 0.249 e. The summed E-state index contributed by atoms with van der Waals surface area (Å²) in [6.45, 7) is 0. The van der Waals surface area contributed by atoms with Gasteiger partial charge in [0.25, 0.3) is 0 Å². The highest BCUT2D eigenvalue weighted by molar-refractivity contribution is 6.32. The van der Waals surface area contributed by atoms with Gasteiger partial charge in [0.2, 0.25) is 5.56 Å². The number of benzene rings is 2. The van der Waals surface area contributed by atoms with Crippen molar-refractivity contribution in [3.63, 3.8) is 0 Å². The SMILES string of the molecule is COc1ccc(-c2cc(-c3cc4c(OC)ccc(OC)c4nc3Cl)cc(=O)[nH]2)cc1. The van der Waals surface area contributed by atoms with Crippen LogP contribution >= 0.6 is 11.6 Å².